The minimum absolute atomic E-state index is 0.149. The molecule has 0 aromatic carbocycles. The van der Waals surface area contributed by atoms with Crippen LogP contribution in [0.2, 0.25) is 0 Å². The summed E-state index contributed by atoms with van der Waals surface area (Å²) in [5.41, 5.74) is 0. The quantitative estimate of drug-likeness (QED) is 0.442. The van der Waals surface area contributed by atoms with E-state index in [0.717, 1.165) is 6.42 Å². The molecule has 0 amide bonds. The number of nitrogens with zero attached hydrogens (tertiary/aromatic N) is 1. The molecule has 0 bridgehead atoms. The topological polar surface area (TPSA) is 29.5 Å². The molecule has 4 heteroatoms. The highest BCUT2D eigenvalue weighted by Gasteiger charge is 2.16. The van der Waals surface area contributed by atoms with Gasteiger partial charge in [-0.25, -0.2) is 3.11 Å². The van der Waals surface area contributed by atoms with Crippen LogP contribution in [0.5, 0.6) is 0 Å². The summed E-state index contributed by atoms with van der Waals surface area (Å²) in [6.45, 7) is 4.32. The van der Waals surface area contributed by atoms with Crippen LogP contribution in [-0.2, 0) is 9.53 Å². The molecule has 0 fully saturated rings. The van der Waals surface area contributed by atoms with E-state index in [-0.39, 0.29) is 12.0 Å². The molecule has 0 saturated carbocycles. The zero-order chi connectivity index (χ0) is 8.85. The van der Waals surface area contributed by atoms with Crippen molar-refractivity contribution in [1.82, 2.24) is 3.11 Å². The zero-order valence-corrected chi connectivity index (χ0v) is 9.29. The van der Waals surface area contributed by atoms with Gasteiger partial charge in [-0.05, 0) is 20.4 Å². The van der Waals surface area contributed by atoms with Crippen molar-refractivity contribution in [3.8, 4) is 0 Å². The van der Waals surface area contributed by atoms with Gasteiger partial charge in [0.1, 0.15) is 6.04 Å². The van der Waals surface area contributed by atoms with Gasteiger partial charge in [-0.15, -0.1) is 0 Å². The van der Waals surface area contributed by atoms with Gasteiger partial charge in [0, 0.05) is 22.9 Å². The van der Waals surface area contributed by atoms with E-state index in [2.05, 4.69) is 22.9 Å². The average Bonchev–Trinajstić information content (AvgIpc) is 1.98. The van der Waals surface area contributed by atoms with Gasteiger partial charge >= 0.3 is 5.97 Å². The highest BCUT2D eigenvalue weighted by molar-refractivity contribution is 14.1. The Morgan fingerprint density at radius 1 is 1.73 bits per heavy atom. The molecule has 1 atom stereocenters. The van der Waals surface area contributed by atoms with Crippen molar-refractivity contribution < 1.29 is 9.53 Å². The summed E-state index contributed by atoms with van der Waals surface area (Å²) in [4.78, 5) is 11.1. The molecule has 0 aliphatic rings. The first kappa shape index (κ1) is 11.2. The number of ether oxygens (including phenoxy) is 1. The van der Waals surface area contributed by atoms with E-state index < -0.39 is 0 Å². The molecule has 1 unspecified atom stereocenters. The molecule has 0 radical (unpaired) electrons. The molecule has 0 saturated heterocycles. The molecule has 0 heterocycles. The van der Waals surface area contributed by atoms with Crippen LogP contribution in [0.25, 0.3) is 0 Å². The molecular weight excluding hydrogens is 257 g/mol. The lowest BCUT2D eigenvalue weighted by Crippen LogP contribution is -2.30. The first-order chi connectivity index (χ1) is 5.09. The lowest BCUT2D eigenvalue weighted by molar-refractivity contribution is -0.146. The van der Waals surface area contributed by atoms with Crippen LogP contribution >= 0.6 is 22.9 Å². The Kier molecular flexibility index (Phi) is 5.85. The van der Waals surface area contributed by atoms with Crippen molar-refractivity contribution in [2.45, 2.75) is 26.3 Å². The van der Waals surface area contributed by atoms with Crippen LogP contribution in [-0.4, -0.2) is 28.8 Å². The molecule has 0 rings (SSSR count). The van der Waals surface area contributed by atoms with Crippen LogP contribution in [0.1, 0.15) is 20.3 Å². The number of carbonyl (C=O) groups is 1. The highest BCUT2D eigenvalue weighted by atomic mass is 127. The summed E-state index contributed by atoms with van der Waals surface area (Å²) >= 11 is 2.07. The van der Waals surface area contributed by atoms with Crippen molar-refractivity contribution in [2.24, 2.45) is 0 Å². The standard InChI is InChI=1S/C7H14INO2/c1-4-5-11-7(10)6(2)9(3)8/h6H,4-5H2,1-3H3. The van der Waals surface area contributed by atoms with Gasteiger partial charge in [0.2, 0.25) is 0 Å². The molecule has 0 aromatic rings. The van der Waals surface area contributed by atoms with E-state index in [1.807, 2.05) is 20.9 Å². The van der Waals surface area contributed by atoms with Gasteiger partial charge in [0.05, 0.1) is 6.61 Å². The molecule has 3 nitrogen and oxygen atoms in total. The second kappa shape index (κ2) is 5.77. The van der Waals surface area contributed by atoms with Gasteiger partial charge in [-0.2, -0.15) is 0 Å². The Morgan fingerprint density at radius 2 is 2.27 bits per heavy atom. The Balaban J connectivity index is 3.64. The minimum atomic E-state index is -0.151. The summed E-state index contributed by atoms with van der Waals surface area (Å²) in [7, 11) is 1.85. The molecule has 0 spiro atoms. The van der Waals surface area contributed by atoms with Gasteiger partial charge in [0.15, 0.2) is 0 Å². The van der Waals surface area contributed by atoms with E-state index in [1.165, 1.54) is 0 Å². The molecule has 66 valence electrons. The van der Waals surface area contributed by atoms with Crippen LogP contribution in [0.4, 0.5) is 0 Å². The predicted octanol–water partition coefficient (Wildman–Crippen LogP) is 1.61. The fraction of sp³-hybridized carbons (Fsp3) is 0.857. The Labute approximate surface area is 81.6 Å². The van der Waals surface area contributed by atoms with Crippen molar-refractivity contribution >= 4 is 28.8 Å². The second-order valence-electron chi connectivity index (χ2n) is 2.37. The molecule has 0 N–H and O–H groups in total. The number of rotatable bonds is 4. The van der Waals surface area contributed by atoms with E-state index in [4.69, 9.17) is 4.74 Å². The Morgan fingerprint density at radius 3 is 2.64 bits per heavy atom. The van der Waals surface area contributed by atoms with Crippen LogP contribution in [0.3, 0.4) is 0 Å². The van der Waals surface area contributed by atoms with Crippen LogP contribution < -0.4 is 0 Å². The maximum Gasteiger partial charge on any atom is 0.323 e. The Bertz CT molecular complexity index is 128. The number of likely N-dealkylation sites (N-methyl/N-ethyl adjacent to an activating group) is 1. The molecular formula is C7H14INO2. The first-order valence-electron chi connectivity index (χ1n) is 3.64. The van der Waals surface area contributed by atoms with E-state index in [9.17, 15) is 4.79 Å². The SMILES string of the molecule is CCCOC(=O)C(C)N(C)I. The lowest BCUT2D eigenvalue weighted by atomic mass is 10.3. The predicted molar refractivity (Wildman–Crippen MR) is 52.5 cm³/mol. The third kappa shape index (κ3) is 4.58. The van der Waals surface area contributed by atoms with Crippen molar-refractivity contribution in [1.29, 1.82) is 0 Å². The van der Waals surface area contributed by atoms with E-state index in [1.54, 1.807) is 3.11 Å². The largest absolute Gasteiger partial charge is 0.465 e. The van der Waals surface area contributed by atoms with Gasteiger partial charge in [-0.3, -0.25) is 4.79 Å². The van der Waals surface area contributed by atoms with Crippen molar-refractivity contribution in [3.63, 3.8) is 0 Å². The maximum atomic E-state index is 11.1. The maximum absolute atomic E-state index is 11.1. The van der Waals surface area contributed by atoms with Gasteiger partial charge < -0.3 is 4.74 Å². The number of hydrogen-bond acceptors (Lipinski definition) is 3. The summed E-state index contributed by atoms with van der Waals surface area (Å²) in [5.74, 6) is -0.149. The van der Waals surface area contributed by atoms with Crippen molar-refractivity contribution in [3.05, 3.63) is 0 Å². The van der Waals surface area contributed by atoms with Crippen LogP contribution in [0, 0.1) is 0 Å². The molecule has 0 aliphatic carbocycles. The molecule has 11 heavy (non-hydrogen) atoms. The lowest BCUT2D eigenvalue weighted by Gasteiger charge is -2.15. The summed E-state index contributed by atoms with van der Waals surface area (Å²) in [5, 5.41) is 0. The third-order valence-electron chi connectivity index (χ3n) is 1.32. The average molecular weight is 271 g/mol. The second-order valence-corrected chi connectivity index (χ2v) is 3.89. The fourth-order valence-corrected chi connectivity index (χ4v) is 0.696. The molecule has 0 aliphatic heterocycles. The van der Waals surface area contributed by atoms with Crippen LogP contribution in [0.15, 0.2) is 0 Å². The van der Waals surface area contributed by atoms with E-state index >= 15 is 0 Å². The first-order valence-corrected chi connectivity index (χ1v) is 4.61. The third-order valence-corrected chi connectivity index (χ3v) is 2.16. The Hall–Kier alpha value is 0.160. The highest BCUT2D eigenvalue weighted by Crippen LogP contribution is 2.03. The van der Waals surface area contributed by atoms with Gasteiger partial charge in [0.25, 0.3) is 0 Å². The zero-order valence-electron chi connectivity index (χ0n) is 7.13. The number of hydrogen-bond donors (Lipinski definition) is 0. The molecule has 0 aromatic heterocycles. The minimum Gasteiger partial charge on any atom is -0.465 e. The number of halogens is 1. The van der Waals surface area contributed by atoms with E-state index in [0.29, 0.717) is 6.61 Å². The fourth-order valence-electron chi connectivity index (χ4n) is 0.469. The monoisotopic (exact) mass is 271 g/mol. The summed E-state index contributed by atoms with van der Waals surface area (Å²) < 4.78 is 6.73. The normalized spacial score (nSPS) is 13.2. The summed E-state index contributed by atoms with van der Waals surface area (Å²) in [6, 6.07) is -0.151. The summed E-state index contributed by atoms with van der Waals surface area (Å²) in [6.07, 6.45) is 0.878. The van der Waals surface area contributed by atoms with Crippen molar-refractivity contribution in [2.75, 3.05) is 13.7 Å². The smallest absolute Gasteiger partial charge is 0.323 e. The van der Waals surface area contributed by atoms with Gasteiger partial charge in [-0.1, -0.05) is 6.92 Å². The number of esters is 1. The number of carbonyl (C=O) groups excluding carboxylic acids is 1.